The molecule has 1 saturated carbocycles. The molecule has 3 N–H and O–H groups in total. The molecule has 8 heteroatoms. The minimum absolute atomic E-state index is 0. The maximum atomic E-state index is 12.7. The second-order valence-electron chi connectivity index (χ2n) is 7.64. The fraction of sp³-hybridized carbons (Fsp3) is 0.722. The molecule has 3 heterocycles. The van der Waals surface area contributed by atoms with E-state index in [2.05, 4.69) is 20.8 Å². The molecule has 1 aromatic heterocycles. The van der Waals surface area contributed by atoms with Gasteiger partial charge >= 0.3 is 0 Å². The maximum absolute atomic E-state index is 12.7. The third-order valence-corrected chi connectivity index (χ3v) is 5.58. The lowest BCUT2D eigenvalue weighted by atomic mass is 9.97. The zero-order valence-corrected chi connectivity index (χ0v) is 15.8. The molecule has 0 spiro atoms. The van der Waals surface area contributed by atoms with Gasteiger partial charge in [-0.3, -0.25) is 14.7 Å². The van der Waals surface area contributed by atoms with E-state index in [-0.39, 0.29) is 30.3 Å². The Kier molecular flexibility index (Phi) is 6.19. The van der Waals surface area contributed by atoms with Gasteiger partial charge in [0.15, 0.2) is 0 Å². The molecular formula is C18H28ClN5O2. The second kappa shape index (κ2) is 8.39. The molecule has 0 aromatic carbocycles. The number of H-pyrrole nitrogens is 1. The lowest BCUT2D eigenvalue weighted by Gasteiger charge is -2.32. The minimum Gasteiger partial charge on any atom is -0.354 e. The third kappa shape index (κ3) is 4.38. The van der Waals surface area contributed by atoms with E-state index in [4.69, 9.17) is 0 Å². The largest absolute Gasteiger partial charge is 0.354 e. The Labute approximate surface area is 160 Å². The van der Waals surface area contributed by atoms with E-state index in [1.807, 2.05) is 11.0 Å². The summed E-state index contributed by atoms with van der Waals surface area (Å²) in [4.78, 5) is 26.7. The maximum Gasteiger partial charge on any atom is 0.274 e. The van der Waals surface area contributed by atoms with Crippen LogP contribution in [0.1, 0.15) is 60.6 Å². The molecule has 2 aliphatic heterocycles. The highest BCUT2D eigenvalue weighted by molar-refractivity contribution is 5.92. The molecule has 3 fully saturated rings. The van der Waals surface area contributed by atoms with Gasteiger partial charge in [-0.2, -0.15) is 5.10 Å². The minimum atomic E-state index is -0.0359. The van der Waals surface area contributed by atoms with E-state index >= 15 is 0 Å². The van der Waals surface area contributed by atoms with E-state index in [9.17, 15) is 9.59 Å². The lowest BCUT2D eigenvalue weighted by molar-refractivity contribution is -0.123. The Morgan fingerprint density at radius 3 is 2.81 bits per heavy atom. The summed E-state index contributed by atoms with van der Waals surface area (Å²) < 4.78 is 0. The van der Waals surface area contributed by atoms with Crippen LogP contribution in [0.4, 0.5) is 0 Å². The summed E-state index contributed by atoms with van der Waals surface area (Å²) in [5, 5.41) is 13.5. The Hall–Kier alpha value is -1.60. The Balaban J connectivity index is 0.00000196. The molecular weight excluding hydrogens is 354 g/mol. The van der Waals surface area contributed by atoms with Crippen molar-refractivity contribution in [2.24, 2.45) is 5.92 Å². The van der Waals surface area contributed by atoms with E-state index in [1.54, 1.807) is 0 Å². The van der Waals surface area contributed by atoms with Crippen molar-refractivity contribution in [2.45, 2.75) is 50.5 Å². The number of halogens is 1. The molecule has 2 unspecified atom stereocenters. The number of hydrogen-bond acceptors (Lipinski definition) is 4. The van der Waals surface area contributed by atoms with Gasteiger partial charge in [0.2, 0.25) is 5.91 Å². The van der Waals surface area contributed by atoms with E-state index in [0.29, 0.717) is 30.6 Å². The fourth-order valence-corrected chi connectivity index (χ4v) is 3.90. The zero-order valence-electron chi connectivity index (χ0n) is 15.0. The molecule has 2 atom stereocenters. The van der Waals surface area contributed by atoms with Crippen molar-refractivity contribution in [1.82, 2.24) is 25.7 Å². The van der Waals surface area contributed by atoms with Crippen LogP contribution in [0, 0.1) is 5.92 Å². The van der Waals surface area contributed by atoms with E-state index in [1.165, 1.54) is 12.8 Å². The average molecular weight is 382 g/mol. The summed E-state index contributed by atoms with van der Waals surface area (Å²) in [5.74, 6) is 1.01. The molecule has 1 aliphatic carbocycles. The van der Waals surface area contributed by atoms with Crippen molar-refractivity contribution in [1.29, 1.82) is 0 Å². The number of likely N-dealkylation sites (tertiary alicyclic amines) is 1. The van der Waals surface area contributed by atoms with Crippen LogP contribution < -0.4 is 10.6 Å². The predicted octanol–water partition coefficient (Wildman–Crippen LogP) is 1.43. The van der Waals surface area contributed by atoms with Gasteiger partial charge in [-0.1, -0.05) is 0 Å². The number of hydrogen-bond donors (Lipinski definition) is 3. The molecule has 26 heavy (non-hydrogen) atoms. The van der Waals surface area contributed by atoms with Crippen LogP contribution in [0.2, 0.25) is 0 Å². The lowest BCUT2D eigenvalue weighted by Crippen LogP contribution is -2.46. The number of aromatic nitrogens is 2. The molecule has 1 aromatic rings. The van der Waals surface area contributed by atoms with Crippen molar-refractivity contribution in [3.05, 3.63) is 17.5 Å². The number of nitrogens with one attached hydrogen (secondary N) is 3. The standard InChI is InChI=1S/C18H27N5O2.ClH/c24-17(14-4-1-7-19-14)20-10-12-3-2-8-23(11-12)18(25)16-9-15(21-22-16)13-5-6-13;/h9,12-14,19H,1-8,10-11H2,(H,20,24)(H,21,22);1H. The van der Waals surface area contributed by atoms with Gasteiger partial charge in [-0.05, 0) is 57.1 Å². The first-order valence-corrected chi connectivity index (χ1v) is 9.56. The summed E-state index contributed by atoms with van der Waals surface area (Å²) in [6.45, 7) is 3.05. The van der Waals surface area contributed by atoms with Crippen LogP contribution >= 0.6 is 12.4 Å². The first kappa shape index (κ1) is 19.2. The number of piperidine rings is 1. The number of rotatable bonds is 5. The van der Waals surface area contributed by atoms with Crippen LogP contribution in [0.3, 0.4) is 0 Å². The molecule has 2 saturated heterocycles. The van der Waals surface area contributed by atoms with Crippen LogP contribution in [0.15, 0.2) is 6.07 Å². The first-order valence-electron chi connectivity index (χ1n) is 9.56. The summed E-state index contributed by atoms with van der Waals surface area (Å²) in [6, 6.07) is 1.88. The van der Waals surface area contributed by atoms with Crippen LogP contribution in [-0.4, -0.2) is 59.1 Å². The van der Waals surface area contributed by atoms with Crippen LogP contribution in [0.5, 0.6) is 0 Å². The molecule has 3 aliphatic rings. The molecule has 7 nitrogen and oxygen atoms in total. The highest BCUT2D eigenvalue weighted by Crippen LogP contribution is 2.39. The molecule has 0 radical (unpaired) electrons. The number of nitrogens with zero attached hydrogens (tertiary/aromatic N) is 2. The fourth-order valence-electron chi connectivity index (χ4n) is 3.90. The molecule has 0 bridgehead atoms. The highest BCUT2D eigenvalue weighted by atomic mass is 35.5. The van der Waals surface area contributed by atoms with Gasteiger partial charge in [0.05, 0.1) is 6.04 Å². The second-order valence-corrected chi connectivity index (χ2v) is 7.64. The van der Waals surface area contributed by atoms with Crippen molar-refractivity contribution >= 4 is 24.2 Å². The van der Waals surface area contributed by atoms with Gasteiger partial charge < -0.3 is 15.5 Å². The summed E-state index contributed by atoms with van der Waals surface area (Å²) in [7, 11) is 0. The normalized spacial score (nSPS) is 25.6. The Bertz CT molecular complexity index is 639. The molecule has 2 amide bonds. The van der Waals surface area contributed by atoms with Crippen molar-refractivity contribution in [3.8, 4) is 0 Å². The van der Waals surface area contributed by atoms with E-state index < -0.39 is 0 Å². The number of carbonyl (C=O) groups excluding carboxylic acids is 2. The topological polar surface area (TPSA) is 90.1 Å². The monoisotopic (exact) mass is 381 g/mol. The summed E-state index contributed by atoms with van der Waals surface area (Å²) in [5.41, 5.74) is 1.62. The van der Waals surface area contributed by atoms with Crippen molar-refractivity contribution in [3.63, 3.8) is 0 Å². The van der Waals surface area contributed by atoms with Gasteiger partial charge in [0.1, 0.15) is 5.69 Å². The van der Waals surface area contributed by atoms with Crippen LogP contribution in [0.25, 0.3) is 0 Å². The van der Waals surface area contributed by atoms with Crippen molar-refractivity contribution < 1.29 is 9.59 Å². The highest BCUT2D eigenvalue weighted by Gasteiger charge is 2.30. The van der Waals surface area contributed by atoms with E-state index in [0.717, 1.165) is 44.5 Å². The number of carbonyl (C=O) groups is 2. The first-order chi connectivity index (χ1) is 12.2. The van der Waals surface area contributed by atoms with Gasteiger partial charge in [0, 0.05) is 31.2 Å². The quantitative estimate of drug-likeness (QED) is 0.719. The molecule has 4 rings (SSSR count). The predicted molar refractivity (Wildman–Crippen MR) is 100 cm³/mol. The van der Waals surface area contributed by atoms with Crippen molar-refractivity contribution in [2.75, 3.05) is 26.2 Å². The number of amides is 2. The third-order valence-electron chi connectivity index (χ3n) is 5.58. The van der Waals surface area contributed by atoms with Gasteiger partial charge in [-0.15, -0.1) is 12.4 Å². The smallest absolute Gasteiger partial charge is 0.274 e. The Morgan fingerprint density at radius 1 is 1.23 bits per heavy atom. The van der Waals surface area contributed by atoms with Gasteiger partial charge in [0.25, 0.3) is 5.91 Å². The zero-order chi connectivity index (χ0) is 17.2. The van der Waals surface area contributed by atoms with Crippen LogP contribution in [-0.2, 0) is 4.79 Å². The number of aromatic amines is 1. The molecule has 144 valence electrons. The summed E-state index contributed by atoms with van der Waals surface area (Å²) in [6.07, 6.45) is 6.40. The SMILES string of the molecule is Cl.O=C(NCC1CCCN(C(=O)c2cc(C3CC3)[nH]n2)C1)C1CCCN1. The average Bonchev–Trinajstić information content (AvgIpc) is 3.14. The Morgan fingerprint density at radius 2 is 2.08 bits per heavy atom. The summed E-state index contributed by atoms with van der Waals surface area (Å²) >= 11 is 0. The van der Waals surface area contributed by atoms with Gasteiger partial charge in [-0.25, -0.2) is 0 Å².